The van der Waals surface area contributed by atoms with E-state index in [1.165, 1.54) is 4.68 Å². The van der Waals surface area contributed by atoms with Crippen LogP contribution < -0.4 is 15.9 Å². The Morgan fingerprint density at radius 2 is 1.82 bits per heavy atom. The summed E-state index contributed by atoms with van der Waals surface area (Å²) in [7, 11) is 0.973. The number of rotatable bonds is 5. The normalized spacial score (nSPS) is 16.6. The summed E-state index contributed by atoms with van der Waals surface area (Å²) in [6.07, 6.45) is 0. The molecule has 4 rings (SSSR count). The van der Waals surface area contributed by atoms with E-state index >= 15 is 0 Å². The van der Waals surface area contributed by atoms with Crippen molar-refractivity contribution in [2.75, 3.05) is 0 Å². The number of hydrogen-bond acceptors (Lipinski definition) is 7. The first-order valence-electron chi connectivity index (χ1n) is 10.6. The van der Waals surface area contributed by atoms with Crippen molar-refractivity contribution in [3.63, 3.8) is 0 Å². The fourth-order valence-corrected chi connectivity index (χ4v) is 3.57. The number of hydrogen-bond donors (Lipinski definition) is 0. The summed E-state index contributed by atoms with van der Waals surface area (Å²) in [4.78, 5) is 12.4. The number of nitriles is 1. The molecule has 9 nitrogen and oxygen atoms in total. The van der Waals surface area contributed by atoms with Gasteiger partial charge < -0.3 is 14.0 Å². The average molecular weight is 447 g/mol. The van der Waals surface area contributed by atoms with Crippen molar-refractivity contribution in [3.8, 4) is 17.5 Å². The third-order valence-corrected chi connectivity index (χ3v) is 6.36. The van der Waals surface area contributed by atoms with Crippen LogP contribution in [0.2, 0.25) is 0 Å². The first kappa shape index (κ1) is 22.8. The van der Waals surface area contributed by atoms with Crippen LogP contribution in [-0.4, -0.2) is 38.1 Å². The lowest BCUT2D eigenvalue weighted by atomic mass is 9.78. The maximum Gasteiger partial charge on any atom is 0.494 e. The summed E-state index contributed by atoms with van der Waals surface area (Å²) < 4.78 is 20.6. The maximum atomic E-state index is 12.4. The number of aromatic nitrogens is 4. The fourth-order valence-electron chi connectivity index (χ4n) is 3.57. The summed E-state index contributed by atoms with van der Waals surface area (Å²) in [6.45, 7) is 10.0. The average Bonchev–Trinajstić information content (AvgIpc) is 3.20. The van der Waals surface area contributed by atoms with Crippen molar-refractivity contribution in [2.45, 2.75) is 52.4 Å². The molecule has 0 bridgehead atoms. The molecule has 0 saturated carbocycles. The molecule has 0 radical (unpaired) electrons. The molecule has 1 saturated heterocycles. The van der Waals surface area contributed by atoms with Crippen LogP contribution in [0, 0.1) is 18.3 Å². The van der Waals surface area contributed by atoms with Gasteiger partial charge in [0.25, 0.3) is 0 Å². The summed E-state index contributed by atoms with van der Waals surface area (Å²) in [5.41, 5.74) is 2.11. The highest BCUT2D eigenvalue weighted by Gasteiger charge is 2.51. The molecular formula is C23H26BN5O4. The SMILES string of the molecule is Cc1cccc(-n2nnn(C)c2=O)c1COc1ccc(B2OC(C)(C)C(C)(C)O2)cc1C#N. The highest BCUT2D eigenvalue weighted by Crippen LogP contribution is 2.36. The third kappa shape index (κ3) is 4.05. The molecule has 0 amide bonds. The second-order valence-corrected chi connectivity index (χ2v) is 9.11. The van der Waals surface area contributed by atoms with Crippen molar-refractivity contribution < 1.29 is 14.0 Å². The molecule has 0 atom stereocenters. The largest absolute Gasteiger partial charge is 0.494 e. The topological polar surface area (TPSA) is 104 Å². The minimum atomic E-state index is -0.567. The zero-order chi connectivity index (χ0) is 24.0. The molecule has 33 heavy (non-hydrogen) atoms. The molecule has 2 heterocycles. The van der Waals surface area contributed by atoms with Crippen molar-refractivity contribution in [3.05, 3.63) is 63.6 Å². The first-order chi connectivity index (χ1) is 15.5. The van der Waals surface area contributed by atoms with Gasteiger partial charge in [0.1, 0.15) is 18.4 Å². The molecular weight excluding hydrogens is 421 g/mol. The second-order valence-electron chi connectivity index (χ2n) is 9.11. The van der Waals surface area contributed by atoms with E-state index in [0.717, 1.165) is 21.3 Å². The summed E-state index contributed by atoms with van der Waals surface area (Å²) in [5.74, 6) is 0.429. The van der Waals surface area contributed by atoms with Crippen LogP contribution in [0.3, 0.4) is 0 Å². The van der Waals surface area contributed by atoms with Crippen molar-refractivity contribution >= 4 is 12.6 Å². The summed E-state index contributed by atoms with van der Waals surface area (Å²) >= 11 is 0. The van der Waals surface area contributed by atoms with E-state index in [0.29, 0.717) is 17.0 Å². The monoisotopic (exact) mass is 447 g/mol. The second kappa shape index (κ2) is 8.17. The Hall–Kier alpha value is -3.42. The molecule has 0 N–H and O–H groups in total. The van der Waals surface area contributed by atoms with Crippen LogP contribution in [0.4, 0.5) is 0 Å². The number of benzene rings is 2. The Kier molecular flexibility index (Phi) is 5.64. The predicted molar refractivity (Wildman–Crippen MR) is 123 cm³/mol. The van der Waals surface area contributed by atoms with Gasteiger partial charge in [0.2, 0.25) is 0 Å². The molecule has 3 aromatic rings. The minimum absolute atomic E-state index is 0.148. The third-order valence-electron chi connectivity index (χ3n) is 6.36. The van der Waals surface area contributed by atoms with Crippen molar-refractivity contribution in [1.29, 1.82) is 5.26 Å². The van der Waals surface area contributed by atoms with Gasteiger partial charge in [-0.3, -0.25) is 0 Å². The quantitative estimate of drug-likeness (QED) is 0.552. The number of ether oxygens (including phenoxy) is 1. The number of aryl methyl sites for hydroxylation is 2. The van der Waals surface area contributed by atoms with Gasteiger partial charge >= 0.3 is 12.8 Å². The highest BCUT2D eigenvalue weighted by molar-refractivity contribution is 6.62. The van der Waals surface area contributed by atoms with E-state index < -0.39 is 18.3 Å². The van der Waals surface area contributed by atoms with Crippen LogP contribution in [0.1, 0.15) is 44.4 Å². The Balaban J connectivity index is 1.60. The van der Waals surface area contributed by atoms with Crippen LogP contribution in [0.15, 0.2) is 41.2 Å². The molecule has 1 aliphatic heterocycles. The van der Waals surface area contributed by atoms with Crippen molar-refractivity contribution in [2.24, 2.45) is 7.05 Å². The zero-order valence-corrected chi connectivity index (χ0v) is 19.6. The zero-order valence-electron chi connectivity index (χ0n) is 19.6. The minimum Gasteiger partial charge on any atom is -0.487 e. The lowest BCUT2D eigenvalue weighted by Gasteiger charge is -2.32. The molecule has 170 valence electrons. The molecule has 1 fully saturated rings. The van der Waals surface area contributed by atoms with Gasteiger partial charge in [-0.15, -0.1) is 0 Å². The van der Waals surface area contributed by atoms with Crippen LogP contribution in [-0.2, 0) is 23.0 Å². The molecule has 10 heteroatoms. The standard InChI is InChI=1S/C23H26BN5O4/c1-15-8-7-9-19(29-21(30)28(6)26-27-29)18(15)14-31-20-11-10-17(12-16(20)13-25)24-32-22(2,3)23(4,5)33-24/h7-12H,14H2,1-6H3. The summed E-state index contributed by atoms with van der Waals surface area (Å²) in [5, 5.41) is 17.5. The van der Waals surface area contributed by atoms with E-state index in [1.807, 2.05) is 52.8 Å². The van der Waals surface area contributed by atoms with Crippen molar-refractivity contribution in [1.82, 2.24) is 19.8 Å². The smallest absolute Gasteiger partial charge is 0.487 e. The highest BCUT2D eigenvalue weighted by atomic mass is 16.7. The maximum absolute atomic E-state index is 12.4. The molecule has 1 aromatic heterocycles. The number of tetrazole rings is 1. The lowest BCUT2D eigenvalue weighted by molar-refractivity contribution is 0.00578. The van der Waals surface area contributed by atoms with Gasteiger partial charge in [-0.1, -0.05) is 18.2 Å². The van der Waals surface area contributed by atoms with Gasteiger partial charge in [-0.05, 0) is 74.3 Å². The van der Waals surface area contributed by atoms with Gasteiger partial charge in [-0.25, -0.2) is 4.79 Å². The van der Waals surface area contributed by atoms with E-state index in [2.05, 4.69) is 16.5 Å². The Bertz CT molecular complexity index is 1290. The van der Waals surface area contributed by atoms with Gasteiger partial charge in [0.05, 0.1) is 22.5 Å². The lowest BCUT2D eigenvalue weighted by Crippen LogP contribution is -2.41. The van der Waals surface area contributed by atoms with E-state index in [1.54, 1.807) is 25.2 Å². The van der Waals surface area contributed by atoms with Crippen LogP contribution >= 0.6 is 0 Å². The van der Waals surface area contributed by atoms with E-state index in [-0.39, 0.29) is 12.3 Å². The van der Waals surface area contributed by atoms with Crippen LogP contribution in [0.25, 0.3) is 5.69 Å². The first-order valence-corrected chi connectivity index (χ1v) is 10.6. The fraction of sp³-hybridized carbons (Fsp3) is 0.391. The molecule has 0 unspecified atom stereocenters. The van der Waals surface area contributed by atoms with Crippen LogP contribution in [0.5, 0.6) is 5.75 Å². The van der Waals surface area contributed by atoms with Gasteiger partial charge in [0.15, 0.2) is 0 Å². The summed E-state index contributed by atoms with van der Waals surface area (Å²) in [6, 6.07) is 13.1. The van der Waals surface area contributed by atoms with Gasteiger partial charge in [0, 0.05) is 12.6 Å². The number of nitrogens with zero attached hydrogens (tertiary/aromatic N) is 5. The predicted octanol–water partition coefficient (Wildman–Crippen LogP) is 2.02. The van der Waals surface area contributed by atoms with Gasteiger partial charge in [-0.2, -0.15) is 14.6 Å². The Labute approximate surface area is 192 Å². The molecule has 0 spiro atoms. The molecule has 1 aliphatic rings. The van der Waals surface area contributed by atoms with E-state index in [9.17, 15) is 10.1 Å². The Morgan fingerprint density at radius 3 is 2.42 bits per heavy atom. The Morgan fingerprint density at radius 1 is 1.12 bits per heavy atom. The van der Waals surface area contributed by atoms with E-state index in [4.69, 9.17) is 14.0 Å². The molecule has 0 aliphatic carbocycles. The molecule has 2 aromatic carbocycles.